The minimum absolute atomic E-state index is 0.0209. The van der Waals surface area contributed by atoms with E-state index in [9.17, 15) is 14.7 Å². The molecule has 0 spiro atoms. The predicted molar refractivity (Wildman–Crippen MR) is 104 cm³/mol. The fourth-order valence-corrected chi connectivity index (χ4v) is 3.84. The number of alkyl carbamates (subject to hydrolysis) is 1. The van der Waals surface area contributed by atoms with E-state index < -0.39 is 17.6 Å². The van der Waals surface area contributed by atoms with Crippen LogP contribution in [0.15, 0.2) is 48.5 Å². The Labute approximate surface area is 163 Å². The van der Waals surface area contributed by atoms with Gasteiger partial charge in [0.25, 0.3) is 0 Å². The fourth-order valence-electron chi connectivity index (χ4n) is 3.84. The molecule has 1 saturated heterocycles. The number of aliphatic carboxylic acids is 1. The number of hydrogen-bond donors (Lipinski definition) is 4. The number of ether oxygens (including phenoxy) is 1. The van der Waals surface area contributed by atoms with Gasteiger partial charge in [0.15, 0.2) is 0 Å². The summed E-state index contributed by atoms with van der Waals surface area (Å²) in [5.74, 6) is -0.861. The maximum Gasteiger partial charge on any atom is 0.407 e. The van der Waals surface area contributed by atoms with Crippen molar-refractivity contribution >= 4 is 12.1 Å². The number of fused-ring (bicyclic) bond motifs is 3. The van der Waals surface area contributed by atoms with E-state index in [1.165, 1.54) is 22.3 Å². The third-order valence-electron chi connectivity index (χ3n) is 5.46. The molecular formula is C21H23N3O4. The van der Waals surface area contributed by atoms with Crippen LogP contribution in [0.3, 0.4) is 0 Å². The van der Waals surface area contributed by atoms with Gasteiger partial charge in [0.1, 0.15) is 12.1 Å². The van der Waals surface area contributed by atoms with Gasteiger partial charge in [-0.3, -0.25) is 10.1 Å². The second kappa shape index (κ2) is 7.61. The Balaban J connectivity index is 1.29. The van der Waals surface area contributed by atoms with Crippen LogP contribution in [0.2, 0.25) is 0 Å². The number of benzene rings is 2. The maximum absolute atomic E-state index is 12.1. The van der Waals surface area contributed by atoms with Crippen molar-refractivity contribution < 1.29 is 19.4 Å². The number of carboxylic acid groups (broad SMARTS) is 1. The molecule has 1 fully saturated rings. The minimum atomic E-state index is -0.928. The number of hydrogen-bond acceptors (Lipinski definition) is 5. The summed E-state index contributed by atoms with van der Waals surface area (Å²) < 4.78 is 5.45. The molecule has 0 atom stereocenters. The van der Waals surface area contributed by atoms with Gasteiger partial charge in [-0.25, -0.2) is 4.79 Å². The molecule has 4 rings (SSSR count). The van der Waals surface area contributed by atoms with Gasteiger partial charge in [-0.1, -0.05) is 48.5 Å². The second-order valence-electron chi connectivity index (χ2n) is 7.17. The lowest BCUT2D eigenvalue weighted by Gasteiger charge is -2.39. The quantitative estimate of drug-likeness (QED) is 0.543. The van der Waals surface area contributed by atoms with Gasteiger partial charge in [0.05, 0.1) is 0 Å². The molecule has 0 saturated carbocycles. The molecule has 1 heterocycles. The Morgan fingerprint density at radius 2 is 1.64 bits per heavy atom. The van der Waals surface area contributed by atoms with E-state index >= 15 is 0 Å². The Bertz CT molecular complexity index is 849. The SMILES string of the molecule is O=C(NCCNC1(C(=O)O)CNC1)OCC1c2ccccc2-c2ccccc21. The molecule has 1 amide bonds. The van der Waals surface area contributed by atoms with Gasteiger partial charge >= 0.3 is 12.1 Å². The van der Waals surface area contributed by atoms with Gasteiger partial charge in [-0.15, -0.1) is 0 Å². The lowest BCUT2D eigenvalue weighted by Crippen LogP contribution is -2.72. The van der Waals surface area contributed by atoms with E-state index in [-0.39, 0.29) is 12.5 Å². The minimum Gasteiger partial charge on any atom is -0.480 e. The van der Waals surface area contributed by atoms with Crippen LogP contribution in [0, 0.1) is 0 Å². The maximum atomic E-state index is 12.1. The Kier molecular flexibility index (Phi) is 5.02. The van der Waals surface area contributed by atoms with Crippen LogP contribution >= 0.6 is 0 Å². The second-order valence-corrected chi connectivity index (χ2v) is 7.17. The zero-order valence-corrected chi connectivity index (χ0v) is 15.4. The van der Waals surface area contributed by atoms with Crippen molar-refractivity contribution in [3.05, 3.63) is 59.7 Å². The number of rotatable bonds is 7. The molecule has 2 aromatic rings. The summed E-state index contributed by atoms with van der Waals surface area (Å²) >= 11 is 0. The first-order chi connectivity index (χ1) is 13.6. The van der Waals surface area contributed by atoms with Crippen molar-refractivity contribution in [1.82, 2.24) is 16.0 Å². The summed E-state index contributed by atoms with van der Waals surface area (Å²) in [6.07, 6.45) is -0.500. The molecule has 1 aliphatic carbocycles. The summed E-state index contributed by atoms with van der Waals surface area (Å²) in [6.45, 7) is 1.68. The third kappa shape index (κ3) is 3.34. The van der Waals surface area contributed by atoms with Crippen molar-refractivity contribution in [3.8, 4) is 11.1 Å². The van der Waals surface area contributed by atoms with E-state index in [1.807, 2.05) is 24.3 Å². The zero-order chi connectivity index (χ0) is 19.6. The van der Waals surface area contributed by atoms with Crippen molar-refractivity contribution in [2.24, 2.45) is 0 Å². The predicted octanol–water partition coefficient (Wildman–Crippen LogP) is 1.54. The molecule has 0 radical (unpaired) electrons. The monoisotopic (exact) mass is 381 g/mol. The molecule has 1 aliphatic heterocycles. The number of carbonyl (C=O) groups excluding carboxylic acids is 1. The first-order valence-corrected chi connectivity index (χ1v) is 9.39. The summed E-state index contributed by atoms with van der Waals surface area (Å²) in [7, 11) is 0. The standard InChI is InChI=1S/C21H23N3O4/c25-19(26)21(12-22-13-21)24-10-9-23-20(27)28-11-18-16-7-3-1-5-14(16)15-6-2-4-8-17(15)18/h1-8,18,22,24H,9-13H2,(H,23,27)(H,25,26). The molecule has 146 valence electrons. The van der Waals surface area contributed by atoms with E-state index in [4.69, 9.17) is 4.74 Å². The van der Waals surface area contributed by atoms with Gasteiger partial charge < -0.3 is 20.5 Å². The summed E-state index contributed by atoms with van der Waals surface area (Å²) in [5.41, 5.74) is 3.77. The molecule has 0 aromatic heterocycles. The molecule has 2 aromatic carbocycles. The molecule has 7 heteroatoms. The van der Waals surface area contributed by atoms with E-state index in [2.05, 4.69) is 40.2 Å². The highest BCUT2D eigenvalue weighted by molar-refractivity contribution is 5.81. The Morgan fingerprint density at radius 1 is 1.04 bits per heavy atom. The van der Waals surface area contributed by atoms with Gasteiger partial charge in [-0.05, 0) is 22.3 Å². The van der Waals surface area contributed by atoms with Crippen LogP contribution in [0.4, 0.5) is 4.79 Å². The van der Waals surface area contributed by atoms with Crippen LogP contribution in [-0.2, 0) is 9.53 Å². The molecule has 28 heavy (non-hydrogen) atoms. The fraction of sp³-hybridized carbons (Fsp3) is 0.333. The third-order valence-corrected chi connectivity index (χ3v) is 5.46. The van der Waals surface area contributed by atoms with E-state index in [1.54, 1.807) is 0 Å². The number of amides is 1. The van der Waals surface area contributed by atoms with Crippen molar-refractivity contribution in [2.75, 3.05) is 32.8 Å². The zero-order valence-electron chi connectivity index (χ0n) is 15.4. The summed E-state index contributed by atoms with van der Waals surface area (Å²) in [4.78, 5) is 23.3. The number of carbonyl (C=O) groups is 2. The molecule has 0 unspecified atom stereocenters. The summed E-state index contributed by atoms with van der Waals surface area (Å²) in [5, 5.41) is 17.8. The highest BCUT2D eigenvalue weighted by atomic mass is 16.5. The topological polar surface area (TPSA) is 99.7 Å². The molecular weight excluding hydrogens is 358 g/mol. The van der Waals surface area contributed by atoms with E-state index in [0.717, 1.165) is 0 Å². The van der Waals surface area contributed by atoms with Crippen molar-refractivity contribution in [1.29, 1.82) is 0 Å². The molecule has 0 bridgehead atoms. The Hall–Kier alpha value is -2.90. The Morgan fingerprint density at radius 3 is 2.18 bits per heavy atom. The average molecular weight is 381 g/mol. The average Bonchev–Trinajstić information content (AvgIpc) is 2.99. The highest BCUT2D eigenvalue weighted by Crippen LogP contribution is 2.44. The van der Waals surface area contributed by atoms with Crippen molar-refractivity contribution in [3.63, 3.8) is 0 Å². The van der Waals surface area contributed by atoms with Crippen LogP contribution < -0.4 is 16.0 Å². The van der Waals surface area contributed by atoms with Gasteiger partial charge in [0.2, 0.25) is 0 Å². The van der Waals surface area contributed by atoms with Gasteiger partial charge in [-0.2, -0.15) is 0 Å². The molecule has 7 nitrogen and oxygen atoms in total. The van der Waals surface area contributed by atoms with Crippen LogP contribution in [0.1, 0.15) is 17.0 Å². The summed E-state index contributed by atoms with van der Waals surface area (Å²) in [6, 6.07) is 16.3. The van der Waals surface area contributed by atoms with Crippen LogP contribution in [0.5, 0.6) is 0 Å². The number of nitrogens with one attached hydrogen (secondary N) is 3. The van der Waals surface area contributed by atoms with E-state index in [0.29, 0.717) is 26.2 Å². The lowest BCUT2D eigenvalue weighted by molar-refractivity contribution is -0.147. The van der Waals surface area contributed by atoms with Crippen LogP contribution in [0.25, 0.3) is 11.1 Å². The van der Waals surface area contributed by atoms with Crippen LogP contribution in [-0.4, -0.2) is 55.5 Å². The first kappa shape index (κ1) is 18.5. The lowest BCUT2D eigenvalue weighted by atomic mass is 9.93. The normalized spacial score (nSPS) is 16.6. The molecule has 4 N–H and O–H groups in total. The van der Waals surface area contributed by atoms with Crippen molar-refractivity contribution in [2.45, 2.75) is 11.5 Å². The highest BCUT2D eigenvalue weighted by Gasteiger charge is 2.43. The first-order valence-electron chi connectivity index (χ1n) is 9.39. The largest absolute Gasteiger partial charge is 0.480 e. The smallest absolute Gasteiger partial charge is 0.407 e. The van der Waals surface area contributed by atoms with Gasteiger partial charge in [0, 0.05) is 32.1 Å². The molecule has 2 aliphatic rings. The number of carboxylic acids is 1.